The van der Waals surface area contributed by atoms with Crippen LogP contribution in [0.1, 0.15) is 35.5 Å². The summed E-state index contributed by atoms with van der Waals surface area (Å²) in [7, 11) is 0. The van der Waals surface area contributed by atoms with Crippen LogP contribution < -0.4 is 0 Å². The number of aryl methyl sites for hydroxylation is 2. The van der Waals surface area contributed by atoms with Crippen molar-refractivity contribution in [1.29, 1.82) is 0 Å². The molecule has 0 N–H and O–H groups in total. The van der Waals surface area contributed by atoms with Gasteiger partial charge in [-0.05, 0) is 44.7 Å². The molecule has 3 rings (SSSR count). The first-order valence-electron chi connectivity index (χ1n) is 7.44. The first kappa shape index (κ1) is 13.7. The van der Waals surface area contributed by atoms with Gasteiger partial charge in [-0.3, -0.25) is 0 Å². The minimum absolute atomic E-state index is 0.837. The zero-order chi connectivity index (χ0) is 14.8. The van der Waals surface area contributed by atoms with E-state index in [0.717, 1.165) is 30.1 Å². The van der Waals surface area contributed by atoms with Crippen LogP contribution in [0.5, 0.6) is 0 Å². The van der Waals surface area contributed by atoms with E-state index < -0.39 is 0 Å². The van der Waals surface area contributed by atoms with Crippen LogP contribution in [-0.2, 0) is 0 Å². The quantitative estimate of drug-likeness (QED) is 0.787. The molecule has 21 heavy (non-hydrogen) atoms. The van der Waals surface area contributed by atoms with Crippen molar-refractivity contribution in [3.05, 3.63) is 65.1 Å². The number of hydrogen-bond donors (Lipinski definition) is 0. The predicted octanol–water partition coefficient (Wildman–Crippen LogP) is 4.80. The Hall–Kier alpha value is -2.22. The normalized spacial score (nSPS) is 14.1. The molecule has 0 bridgehead atoms. The number of benzene rings is 1. The molecular formula is C19H20N2. The molecule has 0 radical (unpaired) electrons. The van der Waals surface area contributed by atoms with Crippen molar-refractivity contribution < 1.29 is 0 Å². The van der Waals surface area contributed by atoms with Gasteiger partial charge in [-0.1, -0.05) is 42.5 Å². The van der Waals surface area contributed by atoms with E-state index in [1.165, 1.54) is 22.3 Å². The molecule has 1 heterocycles. The lowest BCUT2D eigenvalue weighted by molar-refractivity contribution is 0.980. The minimum Gasteiger partial charge on any atom is -0.233 e. The van der Waals surface area contributed by atoms with Crippen LogP contribution in [0.2, 0.25) is 0 Å². The summed E-state index contributed by atoms with van der Waals surface area (Å²) in [6, 6.07) is 8.41. The maximum atomic E-state index is 4.70. The molecule has 0 aliphatic heterocycles. The highest BCUT2D eigenvalue weighted by atomic mass is 14.9. The Balaban J connectivity index is 2.19. The van der Waals surface area contributed by atoms with Crippen molar-refractivity contribution in [3.63, 3.8) is 0 Å². The summed E-state index contributed by atoms with van der Waals surface area (Å²) in [5.41, 5.74) is 7.11. The van der Waals surface area contributed by atoms with Gasteiger partial charge in [-0.25, -0.2) is 9.97 Å². The molecule has 2 aromatic rings. The summed E-state index contributed by atoms with van der Waals surface area (Å²) in [5.74, 6) is 0.837. The van der Waals surface area contributed by atoms with Crippen LogP contribution in [0.25, 0.3) is 16.8 Å². The van der Waals surface area contributed by atoms with Gasteiger partial charge in [0.15, 0.2) is 0 Å². The number of rotatable bonds is 2. The lowest BCUT2D eigenvalue weighted by Crippen LogP contribution is -2.04. The topological polar surface area (TPSA) is 25.8 Å². The molecule has 0 saturated carbocycles. The summed E-state index contributed by atoms with van der Waals surface area (Å²) >= 11 is 0. The molecule has 1 aromatic heterocycles. The lowest BCUT2D eigenvalue weighted by Gasteiger charge is -2.16. The molecule has 0 unspecified atom stereocenters. The smallest absolute Gasteiger partial charge is 0.126 e. The average Bonchev–Trinajstić information content (AvgIpc) is 2.51. The molecule has 0 atom stereocenters. The van der Waals surface area contributed by atoms with E-state index >= 15 is 0 Å². The second-order valence-corrected chi connectivity index (χ2v) is 5.57. The Kier molecular flexibility index (Phi) is 3.70. The lowest BCUT2D eigenvalue weighted by atomic mass is 9.95. The first-order valence-corrected chi connectivity index (χ1v) is 7.44. The highest BCUT2D eigenvalue weighted by Crippen LogP contribution is 2.31. The Morgan fingerprint density at radius 3 is 2.43 bits per heavy atom. The van der Waals surface area contributed by atoms with Crippen LogP contribution >= 0.6 is 0 Å². The summed E-state index contributed by atoms with van der Waals surface area (Å²) in [5, 5.41) is 0. The van der Waals surface area contributed by atoms with E-state index in [1.807, 2.05) is 6.92 Å². The van der Waals surface area contributed by atoms with E-state index in [1.54, 1.807) is 0 Å². The first-order chi connectivity index (χ1) is 10.2. The fourth-order valence-corrected chi connectivity index (χ4v) is 2.84. The molecule has 2 nitrogen and oxygen atoms in total. The molecule has 0 spiro atoms. The fraction of sp³-hybridized carbons (Fsp3) is 0.263. The van der Waals surface area contributed by atoms with Crippen molar-refractivity contribution >= 4 is 5.57 Å². The van der Waals surface area contributed by atoms with Gasteiger partial charge in [0, 0.05) is 11.1 Å². The van der Waals surface area contributed by atoms with Crippen molar-refractivity contribution in [2.45, 2.75) is 33.6 Å². The second kappa shape index (κ2) is 5.65. The standard InChI is InChI=1S/C19H20N2/c1-13-9-7-8-12-17(13)19-14(2)18(20-15(3)21-19)16-10-5-4-6-11-16/h4-5,7-10,12H,6,11H2,1-3H3. The fourth-order valence-electron chi connectivity index (χ4n) is 2.84. The van der Waals surface area contributed by atoms with Crippen molar-refractivity contribution in [1.82, 2.24) is 9.97 Å². The number of allylic oxidation sites excluding steroid dienone is 4. The molecule has 106 valence electrons. The molecular weight excluding hydrogens is 256 g/mol. The van der Waals surface area contributed by atoms with Crippen molar-refractivity contribution in [2.24, 2.45) is 0 Å². The van der Waals surface area contributed by atoms with Gasteiger partial charge in [0.25, 0.3) is 0 Å². The van der Waals surface area contributed by atoms with Gasteiger partial charge in [0.1, 0.15) is 5.82 Å². The van der Waals surface area contributed by atoms with E-state index in [9.17, 15) is 0 Å². The van der Waals surface area contributed by atoms with Crippen LogP contribution in [0.4, 0.5) is 0 Å². The Morgan fingerprint density at radius 2 is 1.71 bits per heavy atom. The molecule has 1 aromatic carbocycles. The summed E-state index contributed by atoms with van der Waals surface area (Å²) in [6.07, 6.45) is 8.66. The SMILES string of the molecule is Cc1nc(C2=CC=CCC2)c(C)c(-c2ccccc2C)n1. The molecule has 2 heteroatoms. The number of aromatic nitrogens is 2. The molecule has 0 fully saturated rings. The Labute approximate surface area is 126 Å². The Bertz CT molecular complexity index is 739. The van der Waals surface area contributed by atoms with E-state index in [2.05, 4.69) is 56.3 Å². The zero-order valence-electron chi connectivity index (χ0n) is 12.9. The number of nitrogens with zero attached hydrogens (tertiary/aromatic N) is 2. The van der Waals surface area contributed by atoms with Crippen molar-refractivity contribution in [3.8, 4) is 11.3 Å². The Morgan fingerprint density at radius 1 is 0.952 bits per heavy atom. The highest BCUT2D eigenvalue weighted by molar-refractivity contribution is 5.75. The summed E-state index contributed by atoms with van der Waals surface area (Å²) in [4.78, 5) is 9.40. The van der Waals surface area contributed by atoms with Crippen molar-refractivity contribution in [2.75, 3.05) is 0 Å². The maximum Gasteiger partial charge on any atom is 0.126 e. The monoisotopic (exact) mass is 276 g/mol. The highest BCUT2D eigenvalue weighted by Gasteiger charge is 2.15. The van der Waals surface area contributed by atoms with Gasteiger partial charge in [0.05, 0.1) is 11.4 Å². The van der Waals surface area contributed by atoms with Crippen LogP contribution in [0, 0.1) is 20.8 Å². The van der Waals surface area contributed by atoms with Gasteiger partial charge < -0.3 is 0 Å². The van der Waals surface area contributed by atoms with E-state index in [4.69, 9.17) is 9.97 Å². The summed E-state index contributed by atoms with van der Waals surface area (Å²) < 4.78 is 0. The minimum atomic E-state index is 0.837. The van der Waals surface area contributed by atoms with E-state index in [0.29, 0.717) is 0 Å². The largest absolute Gasteiger partial charge is 0.233 e. The van der Waals surface area contributed by atoms with Crippen LogP contribution in [0.15, 0.2) is 42.5 Å². The molecule has 0 amide bonds. The molecule has 1 aliphatic carbocycles. The summed E-state index contributed by atoms with van der Waals surface area (Å²) in [6.45, 7) is 6.24. The third-order valence-electron chi connectivity index (χ3n) is 3.98. The van der Waals surface area contributed by atoms with Gasteiger partial charge in [-0.2, -0.15) is 0 Å². The predicted molar refractivity (Wildman–Crippen MR) is 88.0 cm³/mol. The second-order valence-electron chi connectivity index (χ2n) is 5.57. The van der Waals surface area contributed by atoms with Crippen LogP contribution in [-0.4, -0.2) is 9.97 Å². The van der Waals surface area contributed by atoms with Crippen LogP contribution in [0.3, 0.4) is 0 Å². The van der Waals surface area contributed by atoms with Gasteiger partial charge in [0.2, 0.25) is 0 Å². The maximum absolute atomic E-state index is 4.70. The van der Waals surface area contributed by atoms with Gasteiger partial charge in [-0.15, -0.1) is 0 Å². The third-order valence-corrected chi connectivity index (χ3v) is 3.98. The number of hydrogen-bond acceptors (Lipinski definition) is 2. The zero-order valence-corrected chi connectivity index (χ0v) is 12.9. The third kappa shape index (κ3) is 2.66. The molecule has 0 saturated heterocycles. The van der Waals surface area contributed by atoms with E-state index in [-0.39, 0.29) is 0 Å². The average molecular weight is 276 g/mol. The van der Waals surface area contributed by atoms with Gasteiger partial charge >= 0.3 is 0 Å². The molecule has 1 aliphatic rings.